The van der Waals surface area contributed by atoms with Gasteiger partial charge in [0.05, 0.1) is 12.8 Å². The number of hydrogen-bond donors (Lipinski definition) is 0. The first-order valence-electron chi connectivity index (χ1n) is 6.85. The van der Waals surface area contributed by atoms with E-state index in [2.05, 4.69) is 15.2 Å². The third-order valence-corrected chi connectivity index (χ3v) is 3.07. The first-order valence-corrected chi connectivity index (χ1v) is 6.85. The number of carbonyl (C=O) groups is 1. The Labute approximate surface area is 129 Å². The number of allylic oxidation sites excluding steroid dienone is 1. The maximum atomic E-state index is 11.9. The highest BCUT2D eigenvalue weighted by atomic mass is 16.5. The molecule has 0 atom stereocenters. The van der Waals surface area contributed by atoms with Gasteiger partial charge in [-0.2, -0.15) is 15.0 Å². The smallest absolute Gasteiger partial charge is 0.207 e. The van der Waals surface area contributed by atoms with Gasteiger partial charge in [-0.3, -0.25) is 4.79 Å². The lowest BCUT2D eigenvalue weighted by Crippen LogP contribution is -2.22. The van der Waals surface area contributed by atoms with E-state index in [1.807, 2.05) is 24.1 Å². The van der Waals surface area contributed by atoms with E-state index in [9.17, 15) is 4.79 Å². The highest BCUT2D eigenvalue weighted by Crippen LogP contribution is 2.10. The van der Waals surface area contributed by atoms with Crippen molar-refractivity contribution in [1.29, 1.82) is 0 Å². The largest absolute Gasteiger partial charge is 0.383 e. The summed E-state index contributed by atoms with van der Waals surface area (Å²) >= 11 is 0. The van der Waals surface area contributed by atoms with Gasteiger partial charge in [-0.25, -0.2) is 4.98 Å². The van der Waals surface area contributed by atoms with Crippen LogP contribution in [0.2, 0.25) is 0 Å². The topological polar surface area (TPSA) is 73.1 Å². The van der Waals surface area contributed by atoms with Gasteiger partial charge in [0, 0.05) is 33.9 Å². The molecule has 0 bridgehead atoms. The van der Waals surface area contributed by atoms with Gasteiger partial charge < -0.3 is 9.64 Å². The van der Waals surface area contributed by atoms with E-state index in [-0.39, 0.29) is 5.78 Å². The van der Waals surface area contributed by atoms with Crippen molar-refractivity contribution >= 4 is 17.7 Å². The second-order valence-electron chi connectivity index (χ2n) is 4.78. The normalized spacial score (nSPS) is 11.0. The number of pyridine rings is 1. The Morgan fingerprint density at radius 3 is 2.82 bits per heavy atom. The van der Waals surface area contributed by atoms with E-state index in [1.165, 1.54) is 17.1 Å². The highest BCUT2D eigenvalue weighted by molar-refractivity contribution is 6.05. The fraction of sp³-hybridized carbons (Fsp3) is 0.333. The van der Waals surface area contributed by atoms with Crippen LogP contribution in [0.5, 0.6) is 0 Å². The molecule has 0 spiro atoms. The van der Waals surface area contributed by atoms with Crippen molar-refractivity contribution < 1.29 is 9.53 Å². The minimum absolute atomic E-state index is 0.186. The number of ether oxygens (including phenoxy) is 1. The summed E-state index contributed by atoms with van der Waals surface area (Å²) in [5, 5.41) is 7.83. The SMILES string of the molecule is COCCN(C)c1ccc(C=CC(=O)c2cnn(C)n2)cn1. The Kier molecular flexibility index (Phi) is 5.37. The van der Waals surface area contributed by atoms with Crippen LogP contribution in [0.25, 0.3) is 6.08 Å². The summed E-state index contributed by atoms with van der Waals surface area (Å²) in [5.74, 6) is 0.670. The molecule has 22 heavy (non-hydrogen) atoms. The summed E-state index contributed by atoms with van der Waals surface area (Å²) in [6.45, 7) is 1.41. The zero-order chi connectivity index (χ0) is 15.9. The molecule has 2 aromatic rings. The number of nitrogens with zero attached hydrogens (tertiary/aromatic N) is 5. The third kappa shape index (κ3) is 4.23. The number of likely N-dealkylation sites (N-methyl/N-ethyl adjacent to an activating group) is 1. The Bertz CT molecular complexity index is 648. The highest BCUT2D eigenvalue weighted by Gasteiger charge is 2.06. The molecule has 0 aliphatic rings. The van der Waals surface area contributed by atoms with Crippen molar-refractivity contribution in [2.75, 3.05) is 32.2 Å². The monoisotopic (exact) mass is 301 g/mol. The summed E-state index contributed by atoms with van der Waals surface area (Å²) < 4.78 is 5.04. The third-order valence-electron chi connectivity index (χ3n) is 3.07. The first kappa shape index (κ1) is 15.8. The molecule has 7 nitrogen and oxygen atoms in total. The van der Waals surface area contributed by atoms with Crippen LogP contribution in [0.3, 0.4) is 0 Å². The van der Waals surface area contributed by atoms with Gasteiger partial charge in [0.25, 0.3) is 0 Å². The van der Waals surface area contributed by atoms with Gasteiger partial charge >= 0.3 is 0 Å². The van der Waals surface area contributed by atoms with E-state index in [0.717, 1.165) is 17.9 Å². The molecular formula is C15H19N5O2. The quantitative estimate of drug-likeness (QED) is 0.565. The predicted molar refractivity (Wildman–Crippen MR) is 83.8 cm³/mol. The van der Waals surface area contributed by atoms with E-state index in [4.69, 9.17) is 4.74 Å². The molecule has 0 saturated heterocycles. The summed E-state index contributed by atoms with van der Waals surface area (Å²) in [6.07, 6.45) is 6.34. The molecule has 0 saturated carbocycles. The van der Waals surface area contributed by atoms with Crippen LogP contribution >= 0.6 is 0 Å². The fourth-order valence-electron chi connectivity index (χ4n) is 1.78. The molecular weight excluding hydrogens is 282 g/mol. The second-order valence-corrected chi connectivity index (χ2v) is 4.78. The van der Waals surface area contributed by atoms with Gasteiger partial charge in [-0.1, -0.05) is 0 Å². The summed E-state index contributed by atoms with van der Waals surface area (Å²) in [7, 11) is 5.29. The van der Waals surface area contributed by atoms with Gasteiger partial charge in [-0.15, -0.1) is 0 Å². The molecule has 0 amide bonds. The van der Waals surface area contributed by atoms with Crippen molar-refractivity contribution in [3.05, 3.63) is 41.9 Å². The second kappa shape index (κ2) is 7.46. The summed E-state index contributed by atoms with van der Waals surface area (Å²) in [6, 6.07) is 3.81. The maximum absolute atomic E-state index is 11.9. The maximum Gasteiger partial charge on any atom is 0.207 e. The zero-order valence-corrected chi connectivity index (χ0v) is 12.9. The molecule has 0 fully saturated rings. The molecule has 116 valence electrons. The number of aryl methyl sites for hydroxylation is 1. The number of rotatable bonds is 7. The Morgan fingerprint density at radius 1 is 1.41 bits per heavy atom. The van der Waals surface area contributed by atoms with Crippen LogP contribution in [0.4, 0.5) is 5.82 Å². The minimum atomic E-state index is -0.186. The lowest BCUT2D eigenvalue weighted by Gasteiger charge is -2.17. The molecule has 0 radical (unpaired) electrons. The van der Waals surface area contributed by atoms with E-state index >= 15 is 0 Å². The summed E-state index contributed by atoms with van der Waals surface area (Å²) in [4.78, 5) is 19.6. The standard InChI is InChI=1S/C15H19N5O2/c1-19(8-9-22-3)15-7-5-12(10-16-15)4-6-14(21)13-11-17-20(2)18-13/h4-7,10-11H,8-9H2,1-3H3. The van der Waals surface area contributed by atoms with Gasteiger partial charge in [0.1, 0.15) is 5.82 Å². The van der Waals surface area contributed by atoms with Gasteiger partial charge in [-0.05, 0) is 29.8 Å². The number of hydrogen-bond acceptors (Lipinski definition) is 6. The first-order chi connectivity index (χ1) is 10.6. The van der Waals surface area contributed by atoms with Crippen molar-refractivity contribution in [2.24, 2.45) is 7.05 Å². The Hall–Kier alpha value is -2.54. The van der Waals surface area contributed by atoms with Gasteiger partial charge in [0.2, 0.25) is 5.78 Å². The molecule has 0 aromatic carbocycles. The lowest BCUT2D eigenvalue weighted by molar-refractivity contribution is 0.104. The zero-order valence-electron chi connectivity index (χ0n) is 12.9. The van der Waals surface area contributed by atoms with Crippen LogP contribution in [0.1, 0.15) is 16.1 Å². The van der Waals surface area contributed by atoms with E-state index in [0.29, 0.717) is 12.3 Å². The van der Waals surface area contributed by atoms with Crippen LogP contribution < -0.4 is 4.90 Å². The molecule has 7 heteroatoms. The molecule has 2 aromatic heterocycles. The molecule has 2 heterocycles. The minimum Gasteiger partial charge on any atom is -0.383 e. The number of anilines is 1. The van der Waals surface area contributed by atoms with Crippen molar-refractivity contribution in [2.45, 2.75) is 0 Å². The van der Waals surface area contributed by atoms with Crippen LogP contribution in [-0.2, 0) is 11.8 Å². The van der Waals surface area contributed by atoms with Crippen LogP contribution in [0, 0.1) is 0 Å². The van der Waals surface area contributed by atoms with E-state index < -0.39 is 0 Å². The number of ketones is 1. The van der Waals surface area contributed by atoms with E-state index in [1.54, 1.807) is 26.4 Å². The predicted octanol–water partition coefficient (Wildman–Crippen LogP) is 1.19. The summed E-state index contributed by atoms with van der Waals surface area (Å²) in [5.41, 5.74) is 1.17. The van der Waals surface area contributed by atoms with Crippen molar-refractivity contribution in [1.82, 2.24) is 20.0 Å². The van der Waals surface area contributed by atoms with Crippen molar-refractivity contribution in [3.63, 3.8) is 0 Å². The molecule has 0 N–H and O–H groups in total. The van der Waals surface area contributed by atoms with Crippen LogP contribution in [-0.4, -0.2) is 53.1 Å². The Morgan fingerprint density at radius 2 is 2.23 bits per heavy atom. The molecule has 0 aliphatic carbocycles. The number of carbonyl (C=O) groups excluding carboxylic acids is 1. The van der Waals surface area contributed by atoms with Gasteiger partial charge in [0.15, 0.2) is 5.69 Å². The Balaban J connectivity index is 1.98. The van der Waals surface area contributed by atoms with Crippen molar-refractivity contribution in [3.8, 4) is 0 Å². The number of methoxy groups -OCH3 is 1. The molecule has 0 aliphatic heterocycles. The molecule has 0 unspecified atom stereocenters. The number of aromatic nitrogens is 4. The average molecular weight is 301 g/mol. The fourth-order valence-corrected chi connectivity index (χ4v) is 1.78. The average Bonchev–Trinajstić information content (AvgIpc) is 2.97. The lowest BCUT2D eigenvalue weighted by atomic mass is 10.2. The van der Waals surface area contributed by atoms with Crippen LogP contribution in [0.15, 0.2) is 30.6 Å². The molecule has 2 rings (SSSR count).